The van der Waals surface area contributed by atoms with Crippen molar-refractivity contribution < 1.29 is 14.3 Å². The van der Waals surface area contributed by atoms with Crippen LogP contribution in [-0.4, -0.2) is 18.0 Å². The maximum atomic E-state index is 11.9. The SMILES string of the molecule is C[C@H](NNC(=O)OCc1ccccc1)C(=O)Nc1ccccc1. The van der Waals surface area contributed by atoms with Gasteiger partial charge in [-0.05, 0) is 24.6 Å². The summed E-state index contributed by atoms with van der Waals surface area (Å²) in [4.78, 5) is 23.5. The van der Waals surface area contributed by atoms with Crippen LogP contribution in [0.15, 0.2) is 60.7 Å². The number of rotatable bonds is 6. The number of benzene rings is 2. The molecule has 0 aromatic heterocycles. The Morgan fingerprint density at radius 1 is 1.00 bits per heavy atom. The van der Waals surface area contributed by atoms with Crippen LogP contribution < -0.4 is 16.2 Å². The Hall–Kier alpha value is -2.86. The summed E-state index contributed by atoms with van der Waals surface area (Å²) in [5.41, 5.74) is 6.53. The molecular weight excluding hydrogens is 294 g/mol. The number of carbonyl (C=O) groups excluding carboxylic acids is 2. The normalized spacial score (nSPS) is 11.3. The predicted molar refractivity (Wildman–Crippen MR) is 87.4 cm³/mol. The van der Waals surface area contributed by atoms with E-state index in [9.17, 15) is 9.59 Å². The third-order valence-corrected chi connectivity index (χ3v) is 3.04. The van der Waals surface area contributed by atoms with Gasteiger partial charge in [0.05, 0.1) is 0 Å². The molecule has 2 amide bonds. The molecule has 120 valence electrons. The number of para-hydroxylation sites is 1. The molecule has 0 spiro atoms. The van der Waals surface area contributed by atoms with Crippen molar-refractivity contribution in [3.05, 3.63) is 66.2 Å². The van der Waals surface area contributed by atoms with E-state index >= 15 is 0 Å². The minimum Gasteiger partial charge on any atom is -0.444 e. The van der Waals surface area contributed by atoms with Crippen molar-refractivity contribution in [3.63, 3.8) is 0 Å². The molecule has 0 aliphatic carbocycles. The fourth-order valence-electron chi connectivity index (χ4n) is 1.76. The third kappa shape index (κ3) is 5.80. The second-order valence-electron chi connectivity index (χ2n) is 4.91. The molecule has 6 heteroatoms. The van der Waals surface area contributed by atoms with E-state index in [0.717, 1.165) is 5.56 Å². The highest BCUT2D eigenvalue weighted by Crippen LogP contribution is 2.05. The smallest absolute Gasteiger partial charge is 0.421 e. The van der Waals surface area contributed by atoms with Gasteiger partial charge < -0.3 is 10.1 Å². The summed E-state index contributed by atoms with van der Waals surface area (Å²) in [5.74, 6) is -0.264. The van der Waals surface area contributed by atoms with Gasteiger partial charge in [0, 0.05) is 5.69 Å². The van der Waals surface area contributed by atoms with Crippen LogP contribution in [-0.2, 0) is 16.1 Å². The van der Waals surface area contributed by atoms with Crippen molar-refractivity contribution in [2.24, 2.45) is 0 Å². The van der Waals surface area contributed by atoms with Crippen LogP contribution >= 0.6 is 0 Å². The highest BCUT2D eigenvalue weighted by atomic mass is 16.6. The molecule has 0 aliphatic heterocycles. The third-order valence-electron chi connectivity index (χ3n) is 3.04. The summed E-state index contributed by atoms with van der Waals surface area (Å²) in [5, 5.41) is 2.73. The molecule has 2 rings (SSSR count). The van der Waals surface area contributed by atoms with E-state index in [-0.39, 0.29) is 12.5 Å². The minimum atomic E-state index is -0.645. The first-order valence-electron chi connectivity index (χ1n) is 7.23. The fraction of sp³-hybridized carbons (Fsp3) is 0.176. The number of hydrogen-bond acceptors (Lipinski definition) is 4. The second kappa shape index (κ2) is 8.55. The zero-order valence-corrected chi connectivity index (χ0v) is 12.8. The van der Waals surface area contributed by atoms with Crippen LogP contribution in [0.25, 0.3) is 0 Å². The molecule has 2 aromatic carbocycles. The molecule has 0 bridgehead atoms. The Balaban J connectivity index is 1.70. The highest BCUT2D eigenvalue weighted by molar-refractivity contribution is 5.94. The summed E-state index contributed by atoms with van der Waals surface area (Å²) in [7, 11) is 0. The molecule has 0 radical (unpaired) electrons. The number of ether oxygens (including phenoxy) is 1. The number of carbonyl (C=O) groups is 2. The predicted octanol–water partition coefficient (Wildman–Crippen LogP) is 2.44. The van der Waals surface area contributed by atoms with Gasteiger partial charge in [0.1, 0.15) is 12.6 Å². The highest BCUT2D eigenvalue weighted by Gasteiger charge is 2.13. The van der Waals surface area contributed by atoms with Gasteiger partial charge in [-0.15, -0.1) is 0 Å². The van der Waals surface area contributed by atoms with Crippen molar-refractivity contribution in [1.29, 1.82) is 0 Å². The summed E-state index contributed by atoms with van der Waals surface area (Å²) >= 11 is 0. The minimum absolute atomic E-state index is 0.166. The number of nitrogens with one attached hydrogen (secondary N) is 3. The first-order chi connectivity index (χ1) is 11.1. The summed E-state index contributed by atoms with van der Waals surface area (Å²) < 4.78 is 5.03. The van der Waals surface area contributed by atoms with Crippen LogP contribution in [0.2, 0.25) is 0 Å². The molecule has 0 unspecified atom stereocenters. The molecule has 23 heavy (non-hydrogen) atoms. The maximum absolute atomic E-state index is 11.9. The van der Waals surface area contributed by atoms with E-state index in [1.54, 1.807) is 19.1 Å². The topological polar surface area (TPSA) is 79.5 Å². The Morgan fingerprint density at radius 3 is 2.26 bits per heavy atom. The summed E-state index contributed by atoms with van der Waals surface area (Å²) in [6.07, 6.45) is -0.645. The van der Waals surface area contributed by atoms with Gasteiger partial charge in [-0.1, -0.05) is 48.5 Å². The van der Waals surface area contributed by atoms with Gasteiger partial charge in [0.15, 0.2) is 0 Å². The zero-order valence-electron chi connectivity index (χ0n) is 12.8. The van der Waals surface area contributed by atoms with Gasteiger partial charge in [-0.3, -0.25) is 10.2 Å². The lowest BCUT2D eigenvalue weighted by molar-refractivity contribution is -0.117. The Kier molecular flexibility index (Phi) is 6.14. The molecule has 1 atom stereocenters. The lowest BCUT2D eigenvalue weighted by atomic mass is 10.2. The first-order valence-corrected chi connectivity index (χ1v) is 7.23. The largest absolute Gasteiger partial charge is 0.444 e. The van der Waals surface area contributed by atoms with Gasteiger partial charge >= 0.3 is 6.09 Å². The van der Waals surface area contributed by atoms with E-state index in [0.29, 0.717) is 5.69 Å². The molecule has 3 N–H and O–H groups in total. The molecule has 0 aliphatic rings. The molecule has 0 saturated carbocycles. The molecule has 0 fully saturated rings. The van der Waals surface area contributed by atoms with Crippen molar-refractivity contribution in [1.82, 2.24) is 10.9 Å². The second-order valence-corrected chi connectivity index (χ2v) is 4.91. The van der Waals surface area contributed by atoms with Crippen LogP contribution in [0, 0.1) is 0 Å². The van der Waals surface area contributed by atoms with Crippen molar-refractivity contribution in [3.8, 4) is 0 Å². The van der Waals surface area contributed by atoms with E-state index in [4.69, 9.17) is 4.74 Å². The van der Waals surface area contributed by atoms with Crippen molar-refractivity contribution in [2.45, 2.75) is 19.6 Å². The van der Waals surface area contributed by atoms with Crippen molar-refractivity contribution in [2.75, 3.05) is 5.32 Å². The average Bonchev–Trinajstić information content (AvgIpc) is 2.59. The molecule has 0 saturated heterocycles. The zero-order chi connectivity index (χ0) is 16.5. The summed E-state index contributed by atoms with van der Waals surface area (Å²) in [6, 6.07) is 17.8. The van der Waals surface area contributed by atoms with Gasteiger partial charge in [0.2, 0.25) is 5.91 Å². The lowest BCUT2D eigenvalue weighted by Gasteiger charge is -2.15. The number of anilines is 1. The standard InChI is InChI=1S/C17H19N3O3/c1-13(16(21)18-15-10-6-3-7-11-15)19-20-17(22)23-12-14-8-4-2-5-9-14/h2-11,13,19H,12H2,1H3,(H,18,21)(H,20,22)/t13-/m0/s1. The molecule has 6 nitrogen and oxygen atoms in total. The molecule has 2 aromatic rings. The van der Waals surface area contributed by atoms with Crippen LogP contribution in [0.5, 0.6) is 0 Å². The van der Waals surface area contributed by atoms with E-state index in [2.05, 4.69) is 16.2 Å². The average molecular weight is 313 g/mol. The lowest BCUT2D eigenvalue weighted by Crippen LogP contribution is -2.48. The van der Waals surface area contributed by atoms with Crippen molar-refractivity contribution >= 4 is 17.7 Å². The van der Waals surface area contributed by atoms with Crippen LogP contribution in [0.4, 0.5) is 10.5 Å². The monoisotopic (exact) mass is 313 g/mol. The van der Waals surface area contributed by atoms with E-state index in [1.165, 1.54) is 0 Å². The summed E-state index contributed by atoms with van der Waals surface area (Å²) in [6.45, 7) is 1.80. The maximum Gasteiger partial charge on any atom is 0.421 e. The quantitative estimate of drug-likeness (QED) is 0.716. The number of hydrogen-bond donors (Lipinski definition) is 3. The fourth-order valence-corrected chi connectivity index (χ4v) is 1.76. The van der Waals surface area contributed by atoms with E-state index in [1.807, 2.05) is 48.5 Å². The molecular formula is C17H19N3O3. The number of amides is 2. The van der Waals surface area contributed by atoms with Crippen LogP contribution in [0.1, 0.15) is 12.5 Å². The van der Waals surface area contributed by atoms with Gasteiger partial charge in [0.25, 0.3) is 0 Å². The molecule has 0 heterocycles. The van der Waals surface area contributed by atoms with E-state index < -0.39 is 12.1 Å². The van der Waals surface area contributed by atoms with Gasteiger partial charge in [-0.2, -0.15) is 0 Å². The first kappa shape index (κ1) is 16.5. The number of hydrazine groups is 1. The van der Waals surface area contributed by atoms with Crippen LogP contribution in [0.3, 0.4) is 0 Å². The Bertz CT molecular complexity index is 632. The Labute approximate surface area is 134 Å². The van der Waals surface area contributed by atoms with Gasteiger partial charge in [-0.25, -0.2) is 10.2 Å². The Morgan fingerprint density at radius 2 is 1.61 bits per heavy atom.